The van der Waals surface area contributed by atoms with Gasteiger partial charge in [-0.05, 0) is 19.1 Å². The lowest BCUT2D eigenvalue weighted by molar-refractivity contribution is 0.585. The van der Waals surface area contributed by atoms with Gasteiger partial charge in [0, 0.05) is 50.3 Å². The molecule has 0 spiro atoms. The Bertz CT molecular complexity index is 803. The summed E-state index contributed by atoms with van der Waals surface area (Å²) in [6.45, 7) is 6.03. The third kappa shape index (κ3) is 2.21. The van der Waals surface area contributed by atoms with Crippen LogP contribution in [0.15, 0.2) is 36.9 Å². The fourth-order valence-electron chi connectivity index (χ4n) is 3.00. The first-order valence-electron chi connectivity index (χ1n) is 7.54. The number of hydrogen-bond donors (Lipinski definition) is 1. The van der Waals surface area contributed by atoms with Crippen LogP contribution in [0.3, 0.4) is 0 Å². The van der Waals surface area contributed by atoms with Crippen LogP contribution in [-0.4, -0.2) is 45.5 Å². The number of hydrogen-bond acceptors (Lipinski definition) is 5. The van der Waals surface area contributed by atoms with E-state index in [1.807, 2.05) is 25.4 Å². The maximum Gasteiger partial charge on any atom is 0.156 e. The number of anilines is 1. The molecule has 1 saturated heterocycles. The Labute approximate surface area is 128 Å². The van der Waals surface area contributed by atoms with Crippen LogP contribution in [0.1, 0.15) is 5.69 Å². The van der Waals surface area contributed by atoms with E-state index in [4.69, 9.17) is 0 Å². The Hall–Kier alpha value is -2.47. The van der Waals surface area contributed by atoms with Crippen LogP contribution in [0.4, 0.5) is 5.82 Å². The Morgan fingerprint density at radius 1 is 1.18 bits per heavy atom. The molecule has 6 nitrogen and oxygen atoms in total. The minimum atomic E-state index is 0.871. The fraction of sp³-hybridized carbons (Fsp3) is 0.312. The molecule has 1 aliphatic heterocycles. The molecule has 0 unspecified atom stereocenters. The largest absolute Gasteiger partial charge is 0.354 e. The predicted octanol–water partition coefficient (Wildman–Crippen LogP) is 1.51. The van der Waals surface area contributed by atoms with Crippen LogP contribution in [0, 0.1) is 6.92 Å². The van der Waals surface area contributed by atoms with Gasteiger partial charge in [-0.1, -0.05) is 0 Å². The molecule has 0 radical (unpaired) electrons. The van der Waals surface area contributed by atoms with Gasteiger partial charge < -0.3 is 10.2 Å². The summed E-state index contributed by atoms with van der Waals surface area (Å²) in [6, 6.07) is 4.20. The van der Waals surface area contributed by atoms with Crippen molar-refractivity contribution in [2.75, 3.05) is 31.1 Å². The van der Waals surface area contributed by atoms with Crippen molar-refractivity contribution in [1.82, 2.24) is 24.7 Å². The Morgan fingerprint density at radius 2 is 2.05 bits per heavy atom. The van der Waals surface area contributed by atoms with Gasteiger partial charge in [0.2, 0.25) is 0 Å². The molecule has 3 aromatic rings. The molecule has 1 fully saturated rings. The second kappa shape index (κ2) is 5.38. The molecule has 1 N–H and O–H groups in total. The summed E-state index contributed by atoms with van der Waals surface area (Å²) >= 11 is 0. The number of fused-ring (bicyclic) bond motifs is 1. The van der Waals surface area contributed by atoms with E-state index in [0.29, 0.717) is 0 Å². The molecule has 112 valence electrons. The fourth-order valence-corrected chi connectivity index (χ4v) is 3.00. The van der Waals surface area contributed by atoms with Gasteiger partial charge in [0.25, 0.3) is 0 Å². The summed E-state index contributed by atoms with van der Waals surface area (Å²) in [7, 11) is 0. The van der Waals surface area contributed by atoms with Gasteiger partial charge in [0.05, 0.1) is 17.6 Å². The van der Waals surface area contributed by atoms with E-state index in [0.717, 1.165) is 54.6 Å². The van der Waals surface area contributed by atoms with Crippen LogP contribution in [0.25, 0.3) is 16.9 Å². The van der Waals surface area contributed by atoms with E-state index in [1.54, 1.807) is 12.4 Å². The van der Waals surface area contributed by atoms with E-state index in [-0.39, 0.29) is 0 Å². The van der Waals surface area contributed by atoms with Crippen molar-refractivity contribution >= 4 is 11.5 Å². The van der Waals surface area contributed by atoms with Crippen molar-refractivity contribution in [1.29, 1.82) is 0 Å². The van der Waals surface area contributed by atoms with Crippen LogP contribution in [0.5, 0.6) is 0 Å². The first kappa shape index (κ1) is 13.2. The molecule has 0 atom stereocenters. The van der Waals surface area contributed by atoms with E-state index in [1.165, 1.54) is 0 Å². The number of nitrogens with one attached hydrogen (secondary N) is 1. The number of aryl methyl sites for hydroxylation is 1. The average molecular weight is 294 g/mol. The quantitative estimate of drug-likeness (QED) is 0.776. The molecule has 4 rings (SSSR count). The summed E-state index contributed by atoms with van der Waals surface area (Å²) in [4.78, 5) is 15.6. The monoisotopic (exact) mass is 294 g/mol. The van der Waals surface area contributed by atoms with Crippen molar-refractivity contribution < 1.29 is 0 Å². The molecule has 0 aliphatic carbocycles. The Balaban J connectivity index is 1.80. The van der Waals surface area contributed by atoms with E-state index < -0.39 is 0 Å². The van der Waals surface area contributed by atoms with Gasteiger partial charge in [-0.2, -0.15) is 0 Å². The summed E-state index contributed by atoms with van der Waals surface area (Å²) < 4.78 is 2.08. The molecule has 0 saturated carbocycles. The first-order chi connectivity index (χ1) is 10.8. The molecular formula is C16H18N6. The van der Waals surface area contributed by atoms with Gasteiger partial charge in [-0.3, -0.25) is 9.38 Å². The van der Waals surface area contributed by atoms with Crippen molar-refractivity contribution in [3.63, 3.8) is 0 Å². The maximum absolute atomic E-state index is 4.59. The molecule has 0 amide bonds. The second-order valence-electron chi connectivity index (χ2n) is 5.49. The summed E-state index contributed by atoms with van der Waals surface area (Å²) in [5, 5.41) is 3.37. The first-order valence-corrected chi connectivity index (χ1v) is 7.54. The minimum absolute atomic E-state index is 0.871. The molecule has 3 aromatic heterocycles. The lowest BCUT2D eigenvalue weighted by atomic mass is 10.1. The van der Waals surface area contributed by atoms with Crippen molar-refractivity contribution in [3.8, 4) is 11.3 Å². The Kier molecular flexibility index (Phi) is 3.23. The average Bonchev–Trinajstić information content (AvgIpc) is 2.91. The Morgan fingerprint density at radius 3 is 2.91 bits per heavy atom. The zero-order chi connectivity index (χ0) is 14.9. The number of pyridine rings is 1. The van der Waals surface area contributed by atoms with Crippen molar-refractivity contribution in [2.24, 2.45) is 0 Å². The third-order valence-corrected chi connectivity index (χ3v) is 4.06. The zero-order valence-electron chi connectivity index (χ0n) is 12.5. The number of nitrogens with zero attached hydrogens (tertiary/aromatic N) is 5. The lowest BCUT2D eigenvalue weighted by Gasteiger charge is -2.28. The highest BCUT2D eigenvalue weighted by Crippen LogP contribution is 2.26. The predicted molar refractivity (Wildman–Crippen MR) is 86.0 cm³/mol. The molecule has 6 heteroatoms. The van der Waals surface area contributed by atoms with E-state index in [9.17, 15) is 0 Å². The SMILES string of the molecule is Cc1nc2cnccn2c1-c1ccnc(N2CCNCC2)c1. The van der Waals surface area contributed by atoms with Gasteiger partial charge >= 0.3 is 0 Å². The van der Waals surface area contributed by atoms with Gasteiger partial charge in [0.1, 0.15) is 5.82 Å². The number of imidazole rings is 1. The minimum Gasteiger partial charge on any atom is -0.354 e. The van der Waals surface area contributed by atoms with Gasteiger partial charge in [-0.15, -0.1) is 0 Å². The smallest absolute Gasteiger partial charge is 0.156 e. The standard InChI is InChI=1S/C16H18N6/c1-12-16(22-9-6-18-11-15(22)20-12)13-2-3-19-14(10-13)21-7-4-17-5-8-21/h2-3,6,9-11,17H,4-5,7-8H2,1H3. The van der Waals surface area contributed by atoms with Gasteiger partial charge in [-0.25, -0.2) is 9.97 Å². The summed E-state index contributed by atoms with van der Waals surface area (Å²) in [5.74, 6) is 1.03. The van der Waals surface area contributed by atoms with Crippen LogP contribution >= 0.6 is 0 Å². The van der Waals surface area contributed by atoms with Gasteiger partial charge in [0.15, 0.2) is 5.65 Å². The lowest BCUT2D eigenvalue weighted by Crippen LogP contribution is -2.43. The zero-order valence-corrected chi connectivity index (χ0v) is 12.5. The maximum atomic E-state index is 4.59. The molecule has 1 aliphatic rings. The summed E-state index contributed by atoms with van der Waals surface area (Å²) in [5.41, 5.74) is 4.12. The highest BCUT2D eigenvalue weighted by atomic mass is 15.2. The number of rotatable bonds is 2. The van der Waals surface area contributed by atoms with Crippen LogP contribution < -0.4 is 10.2 Å². The summed E-state index contributed by atoms with van der Waals surface area (Å²) in [6.07, 6.45) is 7.41. The van der Waals surface area contributed by atoms with Crippen LogP contribution in [0.2, 0.25) is 0 Å². The highest BCUT2D eigenvalue weighted by molar-refractivity contribution is 5.69. The normalized spacial score (nSPS) is 15.4. The molecule has 0 aromatic carbocycles. The number of piperazine rings is 1. The molecule has 22 heavy (non-hydrogen) atoms. The molecular weight excluding hydrogens is 276 g/mol. The topological polar surface area (TPSA) is 58.4 Å². The highest BCUT2D eigenvalue weighted by Gasteiger charge is 2.15. The second-order valence-corrected chi connectivity index (χ2v) is 5.49. The van der Waals surface area contributed by atoms with Crippen molar-refractivity contribution in [2.45, 2.75) is 6.92 Å². The van der Waals surface area contributed by atoms with Crippen molar-refractivity contribution in [3.05, 3.63) is 42.6 Å². The van der Waals surface area contributed by atoms with E-state index >= 15 is 0 Å². The van der Waals surface area contributed by atoms with Crippen LogP contribution in [-0.2, 0) is 0 Å². The molecule has 4 heterocycles. The van der Waals surface area contributed by atoms with E-state index in [2.05, 4.69) is 35.6 Å². The molecule has 0 bridgehead atoms. The number of aromatic nitrogens is 4. The third-order valence-electron chi connectivity index (χ3n) is 4.06.